The maximum absolute atomic E-state index is 11.7. The number of carbonyl (C=O) groups excluding carboxylic acids is 1. The Kier molecular flexibility index (Phi) is 6.03. The quantitative estimate of drug-likeness (QED) is 0.798. The zero-order valence-corrected chi connectivity index (χ0v) is 12.1. The van der Waals surface area contributed by atoms with Gasteiger partial charge in [0.05, 0.1) is 7.11 Å². The van der Waals surface area contributed by atoms with Gasteiger partial charge in [-0.05, 0) is 17.5 Å². The molecule has 0 spiro atoms. The highest BCUT2D eigenvalue weighted by atomic mass is 16.5. The molecule has 1 aromatic carbocycles. The van der Waals surface area contributed by atoms with Gasteiger partial charge in [0.1, 0.15) is 11.8 Å². The Balaban J connectivity index is 2.77. The van der Waals surface area contributed by atoms with Crippen molar-refractivity contribution in [3.8, 4) is 5.75 Å². The average Bonchev–Trinajstić information content (AvgIpc) is 2.37. The van der Waals surface area contributed by atoms with E-state index in [-0.39, 0.29) is 18.2 Å². The summed E-state index contributed by atoms with van der Waals surface area (Å²) in [5.74, 6) is -0.483. The standard InChI is InChI=1S/C15H21NO4/c1-10(2)8-14(17)16-12(15(18)19)9-11-6-4-5-7-13(11)20-3/h4-7,10,12H,8-9H2,1-3H3,(H,16,17)(H,18,19)/t12-/m1/s1. The Hall–Kier alpha value is -2.04. The summed E-state index contributed by atoms with van der Waals surface area (Å²) in [5, 5.41) is 11.8. The molecular weight excluding hydrogens is 258 g/mol. The number of aliphatic carboxylic acids is 1. The molecule has 2 N–H and O–H groups in total. The van der Waals surface area contributed by atoms with Crippen molar-refractivity contribution >= 4 is 11.9 Å². The van der Waals surface area contributed by atoms with Crippen molar-refractivity contribution in [3.05, 3.63) is 29.8 Å². The third kappa shape index (κ3) is 4.91. The molecule has 0 aliphatic heterocycles. The molecule has 1 atom stereocenters. The van der Waals surface area contributed by atoms with Crippen LogP contribution in [0.15, 0.2) is 24.3 Å². The van der Waals surface area contributed by atoms with Gasteiger partial charge in [-0.25, -0.2) is 4.79 Å². The molecule has 0 saturated heterocycles. The maximum Gasteiger partial charge on any atom is 0.326 e. The van der Waals surface area contributed by atoms with Crippen LogP contribution >= 0.6 is 0 Å². The molecule has 1 amide bonds. The first-order chi connectivity index (χ1) is 9.43. The number of amides is 1. The molecule has 20 heavy (non-hydrogen) atoms. The molecule has 1 aromatic rings. The van der Waals surface area contributed by atoms with E-state index >= 15 is 0 Å². The molecule has 0 fully saturated rings. The molecule has 0 aliphatic carbocycles. The van der Waals surface area contributed by atoms with Crippen molar-refractivity contribution in [2.24, 2.45) is 5.92 Å². The number of carboxylic acid groups (broad SMARTS) is 1. The minimum atomic E-state index is -1.05. The molecule has 0 bridgehead atoms. The van der Waals surface area contributed by atoms with Crippen LogP contribution in [0.3, 0.4) is 0 Å². The fraction of sp³-hybridized carbons (Fsp3) is 0.467. The van der Waals surface area contributed by atoms with Crippen molar-refractivity contribution in [2.75, 3.05) is 7.11 Å². The third-order valence-corrected chi connectivity index (χ3v) is 2.84. The molecule has 5 heteroatoms. The lowest BCUT2D eigenvalue weighted by atomic mass is 10.0. The highest BCUT2D eigenvalue weighted by Gasteiger charge is 2.22. The summed E-state index contributed by atoms with van der Waals surface area (Å²) < 4.78 is 5.19. The van der Waals surface area contributed by atoms with Gasteiger partial charge in [0, 0.05) is 12.8 Å². The molecular formula is C15H21NO4. The van der Waals surface area contributed by atoms with Crippen LogP contribution in [0.25, 0.3) is 0 Å². The van der Waals surface area contributed by atoms with Crippen LogP contribution in [0.5, 0.6) is 5.75 Å². The van der Waals surface area contributed by atoms with Gasteiger partial charge >= 0.3 is 5.97 Å². The van der Waals surface area contributed by atoms with E-state index < -0.39 is 12.0 Å². The fourth-order valence-electron chi connectivity index (χ4n) is 1.92. The number of nitrogens with one attached hydrogen (secondary N) is 1. The van der Waals surface area contributed by atoms with Crippen molar-refractivity contribution in [1.82, 2.24) is 5.32 Å². The second-order valence-corrected chi connectivity index (χ2v) is 5.07. The Morgan fingerprint density at radius 2 is 1.95 bits per heavy atom. The summed E-state index contributed by atoms with van der Waals surface area (Å²) in [5.41, 5.74) is 0.757. The summed E-state index contributed by atoms with van der Waals surface area (Å²) in [6.07, 6.45) is 0.513. The van der Waals surface area contributed by atoms with Gasteiger partial charge in [-0.1, -0.05) is 32.0 Å². The van der Waals surface area contributed by atoms with Crippen molar-refractivity contribution in [3.63, 3.8) is 0 Å². The Morgan fingerprint density at radius 1 is 1.30 bits per heavy atom. The number of carbonyl (C=O) groups is 2. The third-order valence-electron chi connectivity index (χ3n) is 2.84. The number of hydrogen-bond donors (Lipinski definition) is 2. The van der Waals surface area contributed by atoms with E-state index in [2.05, 4.69) is 5.32 Å². The van der Waals surface area contributed by atoms with Gasteiger partial charge < -0.3 is 15.2 Å². The van der Waals surface area contributed by atoms with Crippen LogP contribution in [-0.2, 0) is 16.0 Å². The van der Waals surface area contributed by atoms with Crippen molar-refractivity contribution in [2.45, 2.75) is 32.7 Å². The molecule has 0 radical (unpaired) electrons. The second-order valence-electron chi connectivity index (χ2n) is 5.07. The highest BCUT2D eigenvalue weighted by Crippen LogP contribution is 2.19. The molecule has 1 rings (SSSR count). The molecule has 0 aromatic heterocycles. The van der Waals surface area contributed by atoms with Crippen molar-refractivity contribution < 1.29 is 19.4 Å². The topological polar surface area (TPSA) is 75.6 Å². The smallest absolute Gasteiger partial charge is 0.326 e. The fourth-order valence-corrected chi connectivity index (χ4v) is 1.92. The van der Waals surface area contributed by atoms with Crippen molar-refractivity contribution in [1.29, 1.82) is 0 Å². The summed E-state index contributed by atoms with van der Waals surface area (Å²) >= 11 is 0. The molecule has 5 nitrogen and oxygen atoms in total. The van der Waals surface area contributed by atoms with E-state index in [1.54, 1.807) is 12.1 Å². The monoisotopic (exact) mass is 279 g/mol. The molecule has 0 unspecified atom stereocenters. The van der Waals surface area contributed by atoms with E-state index in [1.165, 1.54) is 7.11 Å². The normalized spacial score (nSPS) is 12.0. The van der Waals surface area contributed by atoms with E-state index in [9.17, 15) is 14.7 Å². The maximum atomic E-state index is 11.7. The predicted molar refractivity (Wildman–Crippen MR) is 75.7 cm³/mol. The lowest BCUT2D eigenvalue weighted by Crippen LogP contribution is -2.42. The number of rotatable bonds is 7. The summed E-state index contributed by atoms with van der Waals surface area (Å²) in [6.45, 7) is 3.82. The number of hydrogen-bond acceptors (Lipinski definition) is 3. The first-order valence-electron chi connectivity index (χ1n) is 6.58. The predicted octanol–water partition coefficient (Wildman–Crippen LogP) is 1.85. The molecule has 110 valence electrons. The summed E-state index contributed by atoms with van der Waals surface area (Å²) in [7, 11) is 1.53. The minimum absolute atomic E-state index is 0.190. The van der Waals surface area contributed by atoms with Crippen LogP contribution in [0.4, 0.5) is 0 Å². The van der Waals surface area contributed by atoms with E-state index in [0.717, 1.165) is 5.56 Å². The number of ether oxygens (including phenoxy) is 1. The largest absolute Gasteiger partial charge is 0.496 e. The van der Waals surface area contributed by atoms with E-state index in [1.807, 2.05) is 26.0 Å². The van der Waals surface area contributed by atoms with Crippen LogP contribution in [0.2, 0.25) is 0 Å². The van der Waals surface area contributed by atoms with Gasteiger partial charge in [0.25, 0.3) is 0 Å². The van der Waals surface area contributed by atoms with Crippen LogP contribution < -0.4 is 10.1 Å². The summed E-state index contributed by atoms with van der Waals surface area (Å²) in [4.78, 5) is 23.0. The van der Waals surface area contributed by atoms with Gasteiger partial charge in [-0.2, -0.15) is 0 Å². The first kappa shape index (κ1) is 16.0. The average molecular weight is 279 g/mol. The Labute approximate surface area is 118 Å². The van der Waals surface area contributed by atoms with Gasteiger partial charge in [0.2, 0.25) is 5.91 Å². The lowest BCUT2D eigenvalue weighted by molar-refractivity contribution is -0.141. The molecule has 0 aliphatic rings. The number of carboxylic acids is 1. The molecule has 0 heterocycles. The number of para-hydroxylation sites is 1. The zero-order valence-electron chi connectivity index (χ0n) is 12.1. The SMILES string of the molecule is COc1ccccc1C[C@@H](NC(=O)CC(C)C)C(=O)O. The minimum Gasteiger partial charge on any atom is -0.496 e. The van der Waals surface area contributed by atoms with Crippen LogP contribution in [0.1, 0.15) is 25.8 Å². The molecule has 0 saturated carbocycles. The van der Waals surface area contributed by atoms with E-state index in [4.69, 9.17) is 4.74 Å². The Morgan fingerprint density at radius 3 is 2.50 bits per heavy atom. The van der Waals surface area contributed by atoms with Gasteiger partial charge in [0.15, 0.2) is 0 Å². The van der Waals surface area contributed by atoms with Gasteiger partial charge in [-0.15, -0.1) is 0 Å². The second kappa shape index (κ2) is 7.53. The van der Waals surface area contributed by atoms with E-state index in [0.29, 0.717) is 12.2 Å². The van der Waals surface area contributed by atoms with Gasteiger partial charge in [-0.3, -0.25) is 4.79 Å². The Bertz CT molecular complexity index is 471. The lowest BCUT2D eigenvalue weighted by Gasteiger charge is -2.17. The zero-order chi connectivity index (χ0) is 15.1. The van der Waals surface area contributed by atoms with Crippen LogP contribution in [0, 0.1) is 5.92 Å². The summed E-state index contributed by atoms with van der Waals surface area (Å²) in [6, 6.07) is 6.24. The number of methoxy groups -OCH3 is 1. The van der Waals surface area contributed by atoms with Crippen LogP contribution in [-0.4, -0.2) is 30.1 Å². The highest BCUT2D eigenvalue weighted by molar-refractivity contribution is 5.83. The first-order valence-corrected chi connectivity index (χ1v) is 6.58. The number of benzene rings is 1.